The van der Waals surface area contributed by atoms with Crippen LogP contribution in [0.2, 0.25) is 0 Å². The smallest absolute Gasteiger partial charge is 0.0185 e. The van der Waals surface area contributed by atoms with Crippen molar-refractivity contribution in [2.75, 3.05) is 0 Å². The Morgan fingerprint density at radius 2 is 1.28 bits per heavy atom. The number of hydrogen-bond acceptors (Lipinski definition) is 0. The fourth-order valence-corrected chi connectivity index (χ4v) is 3.69. The minimum atomic E-state index is 0.154. The molecule has 0 nitrogen and oxygen atoms in total. The van der Waals surface area contributed by atoms with Crippen molar-refractivity contribution in [1.29, 1.82) is 0 Å². The van der Waals surface area contributed by atoms with Gasteiger partial charge in [-0.2, -0.15) is 0 Å². The molecule has 2 aromatic carbocycles. The molecule has 0 bridgehead atoms. The Morgan fingerprint density at radius 3 is 1.94 bits per heavy atom. The fraction of sp³-hybridized carbons (Fsp3) is 0.333. The maximum absolute atomic E-state index is 2.38. The van der Waals surface area contributed by atoms with Crippen molar-refractivity contribution < 1.29 is 0 Å². The lowest BCUT2D eigenvalue weighted by Crippen LogP contribution is -2.23. The van der Waals surface area contributed by atoms with Crippen LogP contribution in [-0.4, -0.2) is 0 Å². The number of hydrogen-bond donors (Lipinski definition) is 0. The molecule has 1 atom stereocenters. The SMILES string of the molecule is CC1(C)C[C@@](C)(c2ccccc2)c2ccccc21. The first-order valence-corrected chi connectivity index (χ1v) is 6.70. The van der Waals surface area contributed by atoms with Gasteiger partial charge in [-0.25, -0.2) is 0 Å². The molecule has 0 fully saturated rings. The lowest BCUT2D eigenvalue weighted by atomic mass is 9.75. The van der Waals surface area contributed by atoms with Crippen molar-refractivity contribution in [3.63, 3.8) is 0 Å². The van der Waals surface area contributed by atoms with E-state index in [1.165, 1.54) is 23.1 Å². The quantitative estimate of drug-likeness (QED) is 0.674. The van der Waals surface area contributed by atoms with E-state index in [2.05, 4.69) is 75.4 Å². The Hall–Kier alpha value is -1.56. The van der Waals surface area contributed by atoms with E-state index in [0.717, 1.165) is 0 Å². The van der Waals surface area contributed by atoms with E-state index in [0.29, 0.717) is 0 Å². The molecule has 0 saturated heterocycles. The molecule has 0 radical (unpaired) electrons. The first kappa shape index (κ1) is 11.5. The zero-order valence-corrected chi connectivity index (χ0v) is 11.4. The van der Waals surface area contributed by atoms with Crippen LogP contribution in [0.4, 0.5) is 0 Å². The maximum atomic E-state index is 2.38. The van der Waals surface area contributed by atoms with Crippen molar-refractivity contribution in [2.24, 2.45) is 0 Å². The molecule has 0 spiro atoms. The van der Waals surface area contributed by atoms with E-state index in [9.17, 15) is 0 Å². The predicted octanol–water partition coefficient (Wildman–Crippen LogP) is 4.67. The van der Waals surface area contributed by atoms with Crippen LogP contribution >= 0.6 is 0 Å². The van der Waals surface area contributed by atoms with Crippen LogP contribution in [0.5, 0.6) is 0 Å². The van der Waals surface area contributed by atoms with Gasteiger partial charge in [0.2, 0.25) is 0 Å². The van der Waals surface area contributed by atoms with Gasteiger partial charge in [0.25, 0.3) is 0 Å². The van der Waals surface area contributed by atoms with Gasteiger partial charge in [0.1, 0.15) is 0 Å². The Bertz CT molecular complexity index is 566. The molecule has 18 heavy (non-hydrogen) atoms. The van der Waals surface area contributed by atoms with Gasteiger partial charge >= 0.3 is 0 Å². The van der Waals surface area contributed by atoms with E-state index in [1.807, 2.05) is 0 Å². The first-order valence-electron chi connectivity index (χ1n) is 6.70. The summed E-state index contributed by atoms with van der Waals surface area (Å²) in [4.78, 5) is 0. The summed E-state index contributed by atoms with van der Waals surface area (Å²) in [6.07, 6.45) is 1.18. The van der Waals surface area contributed by atoms with Crippen molar-refractivity contribution in [2.45, 2.75) is 38.0 Å². The van der Waals surface area contributed by atoms with Crippen molar-refractivity contribution in [3.05, 3.63) is 71.3 Å². The molecule has 92 valence electrons. The van der Waals surface area contributed by atoms with Gasteiger partial charge in [-0.05, 0) is 28.5 Å². The van der Waals surface area contributed by atoms with Crippen molar-refractivity contribution in [3.8, 4) is 0 Å². The van der Waals surface area contributed by atoms with E-state index in [-0.39, 0.29) is 10.8 Å². The Labute approximate surface area is 110 Å². The molecule has 2 aromatic rings. The number of fused-ring (bicyclic) bond motifs is 1. The van der Waals surface area contributed by atoms with Gasteiger partial charge in [0.05, 0.1) is 0 Å². The third-order valence-corrected chi connectivity index (χ3v) is 4.46. The third-order valence-electron chi connectivity index (χ3n) is 4.46. The molecule has 3 rings (SSSR count). The summed E-state index contributed by atoms with van der Waals surface area (Å²) in [5.74, 6) is 0. The summed E-state index contributed by atoms with van der Waals surface area (Å²) in [6.45, 7) is 7.11. The molecule has 1 aliphatic carbocycles. The Balaban J connectivity index is 2.22. The Morgan fingerprint density at radius 1 is 0.722 bits per heavy atom. The van der Waals surface area contributed by atoms with Crippen LogP contribution in [0.15, 0.2) is 54.6 Å². The molecule has 0 unspecified atom stereocenters. The lowest BCUT2D eigenvalue weighted by molar-refractivity contribution is 0.425. The van der Waals surface area contributed by atoms with E-state index < -0.39 is 0 Å². The monoisotopic (exact) mass is 236 g/mol. The predicted molar refractivity (Wildman–Crippen MR) is 77.0 cm³/mol. The van der Waals surface area contributed by atoms with Gasteiger partial charge < -0.3 is 0 Å². The van der Waals surface area contributed by atoms with Crippen LogP contribution in [0.3, 0.4) is 0 Å². The highest BCUT2D eigenvalue weighted by Crippen LogP contribution is 2.52. The van der Waals surface area contributed by atoms with Gasteiger partial charge in [0, 0.05) is 5.41 Å². The van der Waals surface area contributed by atoms with Gasteiger partial charge in [-0.1, -0.05) is 75.4 Å². The second-order valence-electron chi connectivity index (χ2n) is 6.30. The fourth-order valence-electron chi connectivity index (χ4n) is 3.69. The summed E-state index contributed by atoms with van der Waals surface area (Å²) >= 11 is 0. The first-order chi connectivity index (χ1) is 8.54. The van der Waals surface area contributed by atoms with E-state index in [4.69, 9.17) is 0 Å². The summed E-state index contributed by atoms with van der Waals surface area (Å²) < 4.78 is 0. The minimum absolute atomic E-state index is 0.154. The number of benzene rings is 2. The molecule has 0 amide bonds. The minimum Gasteiger partial charge on any atom is -0.0622 e. The van der Waals surface area contributed by atoms with Crippen molar-refractivity contribution in [1.82, 2.24) is 0 Å². The molecule has 0 N–H and O–H groups in total. The third kappa shape index (κ3) is 1.52. The molecule has 0 heteroatoms. The largest absolute Gasteiger partial charge is 0.0622 e. The average Bonchev–Trinajstić information content (AvgIpc) is 2.60. The van der Waals surface area contributed by atoms with Gasteiger partial charge in [0.15, 0.2) is 0 Å². The molecule has 0 aromatic heterocycles. The van der Waals surface area contributed by atoms with Gasteiger partial charge in [-0.15, -0.1) is 0 Å². The van der Waals surface area contributed by atoms with Crippen LogP contribution < -0.4 is 0 Å². The van der Waals surface area contributed by atoms with Crippen LogP contribution in [-0.2, 0) is 10.8 Å². The average molecular weight is 236 g/mol. The zero-order valence-electron chi connectivity index (χ0n) is 11.4. The highest BCUT2D eigenvalue weighted by atomic mass is 14.5. The summed E-state index contributed by atoms with van der Waals surface area (Å²) in [5.41, 5.74) is 4.86. The topological polar surface area (TPSA) is 0 Å². The van der Waals surface area contributed by atoms with Crippen LogP contribution in [0.1, 0.15) is 43.9 Å². The zero-order chi connectivity index (χ0) is 12.8. The second kappa shape index (κ2) is 3.71. The summed E-state index contributed by atoms with van der Waals surface area (Å²) in [5, 5.41) is 0. The highest BCUT2D eigenvalue weighted by molar-refractivity contribution is 5.51. The van der Waals surface area contributed by atoms with Crippen molar-refractivity contribution >= 4 is 0 Å². The summed E-state index contributed by atoms with van der Waals surface area (Å²) in [7, 11) is 0. The van der Waals surface area contributed by atoms with Crippen LogP contribution in [0.25, 0.3) is 0 Å². The maximum Gasteiger partial charge on any atom is 0.0185 e. The molecule has 1 aliphatic rings. The summed E-state index contributed by atoms with van der Waals surface area (Å²) in [6, 6.07) is 19.8. The Kier molecular flexibility index (Phi) is 2.38. The second-order valence-corrected chi connectivity index (χ2v) is 6.30. The van der Waals surface area contributed by atoms with Gasteiger partial charge in [-0.3, -0.25) is 0 Å². The van der Waals surface area contributed by atoms with E-state index in [1.54, 1.807) is 0 Å². The normalized spacial score (nSPS) is 24.8. The molecule has 0 aliphatic heterocycles. The highest BCUT2D eigenvalue weighted by Gasteiger charge is 2.45. The molecular formula is C18H20. The van der Waals surface area contributed by atoms with Crippen LogP contribution in [0, 0.1) is 0 Å². The molecular weight excluding hydrogens is 216 g/mol. The molecule has 0 saturated carbocycles. The number of rotatable bonds is 1. The molecule has 0 heterocycles. The standard InChI is InChI=1S/C18H20/c1-17(2)13-18(3,14-9-5-4-6-10-14)16-12-8-7-11-15(16)17/h4-12H,13H2,1-3H3/t18-/m0/s1. The van der Waals surface area contributed by atoms with E-state index >= 15 is 0 Å². The lowest BCUT2D eigenvalue weighted by Gasteiger charge is -2.28.